The van der Waals surface area contributed by atoms with Crippen molar-refractivity contribution in [3.63, 3.8) is 0 Å². The summed E-state index contributed by atoms with van der Waals surface area (Å²) in [6.07, 6.45) is 5.28. The second kappa shape index (κ2) is 6.70. The van der Waals surface area contributed by atoms with E-state index < -0.39 is 0 Å². The van der Waals surface area contributed by atoms with Crippen LogP contribution < -0.4 is 0 Å². The van der Waals surface area contributed by atoms with Gasteiger partial charge in [-0.1, -0.05) is 25.1 Å². The Labute approximate surface area is 146 Å². The summed E-state index contributed by atoms with van der Waals surface area (Å²) in [6, 6.07) is 8.11. The Bertz CT molecular complexity index is 881. The number of aryl methyl sites for hydroxylation is 1. The number of nitrogens with zero attached hydrogens (tertiary/aromatic N) is 3. The molecule has 1 aliphatic rings. The minimum Gasteiger partial charge on any atom is -0.361 e. The van der Waals surface area contributed by atoms with Crippen LogP contribution in [-0.2, 0) is 17.6 Å². The summed E-state index contributed by atoms with van der Waals surface area (Å²) in [5.41, 5.74) is 2.14. The van der Waals surface area contributed by atoms with Gasteiger partial charge >= 0.3 is 0 Å². The molecule has 1 aromatic carbocycles. The number of para-hydroxylation sites is 1. The van der Waals surface area contributed by atoms with Gasteiger partial charge in [0.25, 0.3) is 0 Å². The number of benzene rings is 1. The Kier molecular flexibility index (Phi) is 4.26. The molecule has 130 valence electrons. The average Bonchev–Trinajstić information content (AvgIpc) is 3.29. The summed E-state index contributed by atoms with van der Waals surface area (Å²) in [5.74, 6) is 2.18. The third-order valence-electron chi connectivity index (χ3n) is 5.04. The summed E-state index contributed by atoms with van der Waals surface area (Å²) < 4.78 is 0. The topological polar surface area (TPSA) is 77.7 Å². The van der Waals surface area contributed by atoms with Gasteiger partial charge in [0.1, 0.15) is 5.82 Å². The van der Waals surface area contributed by atoms with Gasteiger partial charge < -0.3 is 9.88 Å². The monoisotopic (exact) mass is 337 g/mol. The maximum absolute atomic E-state index is 12.8. The van der Waals surface area contributed by atoms with Crippen LogP contribution in [0.15, 0.2) is 30.5 Å². The number of aromatic nitrogens is 4. The Balaban J connectivity index is 1.46. The smallest absolute Gasteiger partial charge is 0.227 e. The van der Waals surface area contributed by atoms with Crippen LogP contribution in [0.5, 0.6) is 0 Å². The van der Waals surface area contributed by atoms with Crippen molar-refractivity contribution in [2.45, 2.75) is 38.5 Å². The summed E-state index contributed by atoms with van der Waals surface area (Å²) in [5, 5.41) is 8.46. The van der Waals surface area contributed by atoms with Gasteiger partial charge in [0.2, 0.25) is 5.91 Å². The lowest BCUT2D eigenvalue weighted by Gasteiger charge is -2.31. The van der Waals surface area contributed by atoms with Gasteiger partial charge in [-0.15, -0.1) is 0 Å². The molecule has 0 aliphatic carbocycles. The molecule has 2 N–H and O–H groups in total. The molecule has 1 atom stereocenters. The molecule has 6 heteroatoms. The second-order valence-corrected chi connectivity index (χ2v) is 6.71. The van der Waals surface area contributed by atoms with Crippen LogP contribution in [0.2, 0.25) is 0 Å². The van der Waals surface area contributed by atoms with Gasteiger partial charge in [-0.25, -0.2) is 4.98 Å². The highest BCUT2D eigenvalue weighted by Crippen LogP contribution is 2.26. The molecule has 0 unspecified atom stereocenters. The quantitative estimate of drug-likeness (QED) is 0.768. The fraction of sp³-hybridized carbons (Fsp3) is 0.421. The number of carbonyl (C=O) groups excluding carboxylic acids is 1. The van der Waals surface area contributed by atoms with Crippen molar-refractivity contribution in [2.24, 2.45) is 0 Å². The number of H-pyrrole nitrogens is 2. The van der Waals surface area contributed by atoms with E-state index in [-0.39, 0.29) is 11.8 Å². The normalized spacial score (nSPS) is 18.0. The van der Waals surface area contributed by atoms with Gasteiger partial charge in [0, 0.05) is 42.5 Å². The summed E-state index contributed by atoms with van der Waals surface area (Å²) in [6.45, 7) is 3.59. The van der Waals surface area contributed by atoms with Crippen LogP contribution in [0.25, 0.3) is 10.9 Å². The Morgan fingerprint density at radius 3 is 3.08 bits per heavy atom. The van der Waals surface area contributed by atoms with Crippen molar-refractivity contribution in [1.29, 1.82) is 0 Å². The standard InChI is InChI=1S/C19H23N5O/c1-2-17-21-19(23-22-17)13-6-5-9-24(12-13)18(25)10-14-11-20-16-8-4-3-7-15(14)16/h3-4,7-8,11,13,20H,2,5-6,9-10,12H2,1H3,(H,21,22,23)/t13-/m0/s1. The number of hydrogen-bond donors (Lipinski definition) is 2. The van der Waals surface area contributed by atoms with E-state index in [2.05, 4.69) is 33.2 Å². The summed E-state index contributed by atoms with van der Waals surface area (Å²) in [7, 11) is 0. The predicted molar refractivity (Wildman–Crippen MR) is 96.3 cm³/mol. The molecule has 0 radical (unpaired) electrons. The van der Waals surface area contributed by atoms with E-state index >= 15 is 0 Å². The van der Waals surface area contributed by atoms with Crippen LogP contribution in [0, 0.1) is 0 Å². The number of aromatic amines is 2. The Morgan fingerprint density at radius 1 is 1.36 bits per heavy atom. The van der Waals surface area contributed by atoms with Gasteiger partial charge in [-0.3, -0.25) is 9.89 Å². The van der Waals surface area contributed by atoms with Crippen LogP contribution in [0.3, 0.4) is 0 Å². The van der Waals surface area contributed by atoms with Crippen molar-refractivity contribution in [3.8, 4) is 0 Å². The number of fused-ring (bicyclic) bond motifs is 1. The molecule has 3 heterocycles. The van der Waals surface area contributed by atoms with Gasteiger partial charge in [0.15, 0.2) is 5.82 Å². The van der Waals surface area contributed by atoms with E-state index in [9.17, 15) is 4.79 Å². The maximum Gasteiger partial charge on any atom is 0.227 e. The third kappa shape index (κ3) is 3.16. The van der Waals surface area contributed by atoms with E-state index in [4.69, 9.17) is 0 Å². The zero-order chi connectivity index (χ0) is 17.2. The number of likely N-dealkylation sites (tertiary alicyclic amines) is 1. The zero-order valence-electron chi connectivity index (χ0n) is 14.5. The number of rotatable bonds is 4. The van der Waals surface area contributed by atoms with Gasteiger partial charge in [-0.2, -0.15) is 5.10 Å². The molecule has 1 aliphatic heterocycles. The molecule has 0 saturated carbocycles. The van der Waals surface area contributed by atoms with E-state index in [1.54, 1.807) is 0 Å². The number of hydrogen-bond acceptors (Lipinski definition) is 3. The SMILES string of the molecule is CCc1nc([C@H]2CCCN(C(=O)Cc3c[nH]c4ccccc34)C2)n[nH]1. The van der Waals surface area contributed by atoms with Crippen LogP contribution in [0.4, 0.5) is 0 Å². The lowest BCUT2D eigenvalue weighted by atomic mass is 9.96. The average molecular weight is 337 g/mol. The van der Waals surface area contributed by atoms with Crippen LogP contribution in [-0.4, -0.2) is 44.1 Å². The molecule has 25 heavy (non-hydrogen) atoms. The summed E-state index contributed by atoms with van der Waals surface area (Å²) >= 11 is 0. The Morgan fingerprint density at radius 2 is 2.24 bits per heavy atom. The molecular weight excluding hydrogens is 314 g/mol. The molecule has 0 bridgehead atoms. The fourth-order valence-corrected chi connectivity index (χ4v) is 3.62. The van der Waals surface area contributed by atoms with E-state index in [0.29, 0.717) is 13.0 Å². The van der Waals surface area contributed by atoms with Gasteiger partial charge in [0.05, 0.1) is 6.42 Å². The van der Waals surface area contributed by atoms with Crippen molar-refractivity contribution in [1.82, 2.24) is 25.1 Å². The molecular formula is C19H23N5O. The lowest BCUT2D eigenvalue weighted by molar-refractivity contribution is -0.131. The van der Waals surface area contributed by atoms with Crippen molar-refractivity contribution in [2.75, 3.05) is 13.1 Å². The first-order valence-electron chi connectivity index (χ1n) is 8.98. The second-order valence-electron chi connectivity index (χ2n) is 6.71. The molecule has 1 amide bonds. The van der Waals surface area contributed by atoms with Crippen molar-refractivity contribution < 1.29 is 4.79 Å². The highest BCUT2D eigenvalue weighted by Gasteiger charge is 2.27. The third-order valence-corrected chi connectivity index (χ3v) is 5.04. The molecule has 6 nitrogen and oxygen atoms in total. The number of piperidine rings is 1. The molecule has 1 saturated heterocycles. The van der Waals surface area contributed by atoms with Crippen LogP contribution in [0.1, 0.15) is 42.9 Å². The molecule has 4 rings (SSSR count). The summed E-state index contributed by atoms with van der Waals surface area (Å²) in [4.78, 5) is 22.6. The first-order chi connectivity index (χ1) is 12.2. The largest absolute Gasteiger partial charge is 0.361 e. The van der Waals surface area contributed by atoms with Crippen molar-refractivity contribution >= 4 is 16.8 Å². The maximum atomic E-state index is 12.8. The fourth-order valence-electron chi connectivity index (χ4n) is 3.62. The minimum atomic E-state index is 0.181. The number of nitrogens with one attached hydrogen (secondary N) is 2. The molecule has 3 aromatic rings. The predicted octanol–water partition coefficient (Wildman–Crippen LogP) is 2.80. The van der Waals surface area contributed by atoms with Crippen LogP contribution >= 0.6 is 0 Å². The molecule has 1 fully saturated rings. The van der Waals surface area contributed by atoms with Crippen molar-refractivity contribution in [3.05, 3.63) is 47.7 Å². The first-order valence-corrected chi connectivity index (χ1v) is 8.98. The lowest BCUT2D eigenvalue weighted by Crippen LogP contribution is -2.40. The first kappa shape index (κ1) is 15.9. The number of carbonyl (C=O) groups is 1. The highest BCUT2D eigenvalue weighted by atomic mass is 16.2. The van der Waals surface area contributed by atoms with E-state index in [1.807, 2.05) is 29.3 Å². The number of amides is 1. The minimum absolute atomic E-state index is 0.181. The van der Waals surface area contributed by atoms with E-state index in [1.165, 1.54) is 0 Å². The van der Waals surface area contributed by atoms with E-state index in [0.717, 1.165) is 53.9 Å². The highest BCUT2D eigenvalue weighted by molar-refractivity contribution is 5.88. The van der Waals surface area contributed by atoms with Gasteiger partial charge in [-0.05, 0) is 24.5 Å². The Hall–Kier alpha value is -2.63. The zero-order valence-corrected chi connectivity index (χ0v) is 14.5. The molecule has 2 aromatic heterocycles. The molecule has 0 spiro atoms.